The summed E-state index contributed by atoms with van der Waals surface area (Å²) < 4.78 is 5.16. The number of methoxy groups -OCH3 is 1. The Labute approximate surface area is 112 Å². The molecule has 0 aliphatic carbocycles. The largest absolute Gasteiger partial charge is 0.508 e. The Hall–Kier alpha value is -2.20. The van der Waals surface area contributed by atoms with E-state index in [-0.39, 0.29) is 18.4 Å². The topological polar surface area (TPSA) is 61.7 Å². The van der Waals surface area contributed by atoms with E-state index in [1.807, 2.05) is 24.3 Å². The molecule has 100 valence electrons. The first kappa shape index (κ1) is 13.2. The lowest BCUT2D eigenvalue weighted by atomic mass is 10.1. The first-order valence-electron chi connectivity index (χ1n) is 6.03. The predicted octanol–water partition coefficient (Wildman–Crippen LogP) is 2.55. The number of anilines is 1. The lowest BCUT2D eigenvalue weighted by Crippen LogP contribution is -2.14. The normalized spacial score (nSPS) is 11.9. The fraction of sp³-hybridized carbons (Fsp3) is 0.200. The van der Waals surface area contributed by atoms with Crippen LogP contribution in [0.2, 0.25) is 0 Å². The van der Waals surface area contributed by atoms with Gasteiger partial charge in [-0.1, -0.05) is 18.2 Å². The van der Waals surface area contributed by atoms with Crippen LogP contribution in [-0.2, 0) is 0 Å². The van der Waals surface area contributed by atoms with Gasteiger partial charge in [-0.05, 0) is 29.8 Å². The summed E-state index contributed by atoms with van der Waals surface area (Å²) in [5.74, 6) is 0.967. The summed E-state index contributed by atoms with van der Waals surface area (Å²) in [7, 11) is 1.61. The van der Waals surface area contributed by atoms with Crippen molar-refractivity contribution in [3.8, 4) is 11.5 Å². The average Bonchev–Trinajstić information content (AvgIpc) is 2.46. The molecule has 0 saturated heterocycles. The second-order valence-corrected chi connectivity index (χ2v) is 4.20. The lowest BCUT2D eigenvalue weighted by molar-refractivity contribution is 0.276. The molecular weight excluding hydrogens is 242 g/mol. The fourth-order valence-corrected chi connectivity index (χ4v) is 1.86. The maximum Gasteiger partial charge on any atom is 0.120 e. The maximum atomic E-state index is 9.48. The quantitative estimate of drug-likeness (QED) is 0.772. The van der Waals surface area contributed by atoms with E-state index in [9.17, 15) is 10.2 Å². The van der Waals surface area contributed by atoms with Gasteiger partial charge in [0, 0.05) is 11.8 Å². The van der Waals surface area contributed by atoms with E-state index < -0.39 is 0 Å². The van der Waals surface area contributed by atoms with Gasteiger partial charge in [0.05, 0.1) is 19.8 Å². The number of benzene rings is 2. The van der Waals surface area contributed by atoms with Gasteiger partial charge in [0.2, 0.25) is 0 Å². The van der Waals surface area contributed by atoms with E-state index in [4.69, 9.17) is 4.74 Å². The highest BCUT2D eigenvalue weighted by molar-refractivity contribution is 5.50. The van der Waals surface area contributed by atoms with Crippen LogP contribution in [0.3, 0.4) is 0 Å². The SMILES string of the molecule is COc1cccc(NC(CO)c2ccc(O)cc2)c1. The molecule has 1 unspecified atom stereocenters. The van der Waals surface area contributed by atoms with Gasteiger partial charge in [0.1, 0.15) is 11.5 Å². The molecule has 0 aromatic heterocycles. The minimum atomic E-state index is -0.229. The van der Waals surface area contributed by atoms with Gasteiger partial charge >= 0.3 is 0 Å². The molecule has 0 fully saturated rings. The van der Waals surface area contributed by atoms with Gasteiger partial charge in [0.15, 0.2) is 0 Å². The third-order valence-electron chi connectivity index (χ3n) is 2.89. The molecule has 0 spiro atoms. The van der Waals surface area contributed by atoms with Gasteiger partial charge in [-0.25, -0.2) is 0 Å². The molecule has 0 amide bonds. The number of hydrogen-bond acceptors (Lipinski definition) is 4. The van der Waals surface area contributed by atoms with Crippen LogP contribution in [0.1, 0.15) is 11.6 Å². The molecule has 3 N–H and O–H groups in total. The van der Waals surface area contributed by atoms with E-state index in [0.29, 0.717) is 0 Å². The van der Waals surface area contributed by atoms with Crippen molar-refractivity contribution >= 4 is 5.69 Å². The first-order chi connectivity index (χ1) is 9.22. The van der Waals surface area contributed by atoms with Crippen molar-refractivity contribution in [2.24, 2.45) is 0 Å². The summed E-state index contributed by atoms with van der Waals surface area (Å²) in [4.78, 5) is 0. The Balaban J connectivity index is 2.16. The molecule has 2 rings (SSSR count). The Morgan fingerprint density at radius 2 is 1.89 bits per heavy atom. The molecule has 19 heavy (non-hydrogen) atoms. The van der Waals surface area contributed by atoms with Crippen LogP contribution in [0.25, 0.3) is 0 Å². The maximum absolute atomic E-state index is 9.48. The van der Waals surface area contributed by atoms with Crippen molar-refractivity contribution in [3.05, 3.63) is 54.1 Å². The van der Waals surface area contributed by atoms with Crippen LogP contribution in [0.15, 0.2) is 48.5 Å². The molecule has 1 atom stereocenters. The zero-order valence-corrected chi connectivity index (χ0v) is 10.7. The van der Waals surface area contributed by atoms with Crippen LogP contribution in [0, 0.1) is 0 Å². The zero-order chi connectivity index (χ0) is 13.7. The van der Waals surface area contributed by atoms with Crippen LogP contribution in [0.5, 0.6) is 11.5 Å². The molecule has 4 heteroatoms. The highest BCUT2D eigenvalue weighted by Gasteiger charge is 2.10. The van der Waals surface area contributed by atoms with Crippen LogP contribution in [-0.4, -0.2) is 23.9 Å². The van der Waals surface area contributed by atoms with Gasteiger partial charge in [-0.3, -0.25) is 0 Å². The fourth-order valence-electron chi connectivity index (χ4n) is 1.86. The molecule has 0 aliphatic rings. The number of ether oxygens (including phenoxy) is 1. The summed E-state index contributed by atoms with van der Waals surface area (Å²) in [6.45, 7) is -0.0397. The van der Waals surface area contributed by atoms with Gasteiger partial charge in [0.25, 0.3) is 0 Å². The number of hydrogen-bond donors (Lipinski definition) is 3. The van der Waals surface area contributed by atoms with Gasteiger partial charge < -0.3 is 20.3 Å². The van der Waals surface area contributed by atoms with E-state index >= 15 is 0 Å². The van der Waals surface area contributed by atoms with E-state index in [2.05, 4.69) is 5.32 Å². The number of nitrogens with one attached hydrogen (secondary N) is 1. The zero-order valence-electron chi connectivity index (χ0n) is 10.7. The Bertz CT molecular complexity index is 525. The van der Waals surface area contributed by atoms with Crippen LogP contribution in [0.4, 0.5) is 5.69 Å². The van der Waals surface area contributed by atoms with E-state index in [1.165, 1.54) is 0 Å². The minimum Gasteiger partial charge on any atom is -0.508 e. The number of phenols is 1. The van der Waals surface area contributed by atoms with Crippen molar-refractivity contribution in [1.82, 2.24) is 0 Å². The molecule has 0 heterocycles. The van der Waals surface area contributed by atoms with Crippen molar-refractivity contribution in [2.75, 3.05) is 19.0 Å². The van der Waals surface area contributed by atoms with E-state index in [0.717, 1.165) is 17.0 Å². The highest BCUT2D eigenvalue weighted by Crippen LogP contribution is 2.23. The third-order valence-corrected chi connectivity index (χ3v) is 2.89. The van der Waals surface area contributed by atoms with Crippen molar-refractivity contribution in [1.29, 1.82) is 0 Å². The third kappa shape index (κ3) is 3.39. The molecule has 0 bridgehead atoms. The highest BCUT2D eigenvalue weighted by atomic mass is 16.5. The number of rotatable bonds is 5. The van der Waals surface area contributed by atoms with Crippen molar-refractivity contribution in [3.63, 3.8) is 0 Å². The molecular formula is C15H17NO3. The molecule has 0 aliphatic heterocycles. The standard InChI is InChI=1S/C15H17NO3/c1-19-14-4-2-3-12(9-14)16-15(10-17)11-5-7-13(18)8-6-11/h2-9,15-18H,10H2,1H3. The Morgan fingerprint density at radius 3 is 2.53 bits per heavy atom. The summed E-state index contributed by atoms with van der Waals surface area (Å²) in [5.41, 5.74) is 1.77. The monoisotopic (exact) mass is 259 g/mol. The smallest absolute Gasteiger partial charge is 0.120 e. The van der Waals surface area contributed by atoms with E-state index in [1.54, 1.807) is 31.4 Å². The summed E-state index contributed by atoms with van der Waals surface area (Å²) in [6, 6.07) is 14.1. The van der Waals surface area contributed by atoms with Gasteiger partial charge in [-0.15, -0.1) is 0 Å². The number of aliphatic hydroxyl groups is 1. The predicted molar refractivity (Wildman–Crippen MR) is 74.6 cm³/mol. The molecule has 0 radical (unpaired) electrons. The second kappa shape index (κ2) is 6.11. The summed E-state index contributed by atoms with van der Waals surface area (Å²) >= 11 is 0. The first-order valence-corrected chi connectivity index (χ1v) is 6.03. The minimum absolute atomic E-state index is 0.0397. The lowest BCUT2D eigenvalue weighted by Gasteiger charge is -2.18. The average molecular weight is 259 g/mol. The summed E-state index contributed by atoms with van der Waals surface area (Å²) in [6.07, 6.45) is 0. The Morgan fingerprint density at radius 1 is 1.16 bits per heavy atom. The van der Waals surface area contributed by atoms with Crippen molar-refractivity contribution < 1.29 is 14.9 Å². The van der Waals surface area contributed by atoms with Crippen molar-refractivity contribution in [2.45, 2.75) is 6.04 Å². The molecule has 2 aromatic carbocycles. The number of phenolic OH excluding ortho intramolecular Hbond substituents is 1. The molecule has 2 aromatic rings. The number of aliphatic hydroxyl groups excluding tert-OH is 1. The number of aromatic hydroxyl groups is 1. The van der Waals surface area contributed by atoms with Gasteiger partial charge in [-0.2, -0.15) is 0 Å². The van der Waals surface area contributed by atoms with Crippen LogP contribution >= 0.6 is 0 Å². The summed E-state index contributed by atoms with van der Waals surface area (Å²) in [5, 5.41) is 22.0. The Kier molecular flexibility index (Phi) is 4.26. The molecule has 4 nitrogen and oxygen atoms in total. The van der Waals surface area contributed by atoms with Crippen LogP contribution < -0.4 is 10.1 Å². The molecule has 0 saturated carbocycles. The second-order valence-electron chi connectivity index (χ2n) is 4.20.